The Bertz CT molecular complexity index is 1230. The van der Waals surface area contributed by atoms with E-state index < -0.39 is 5.60 Å². The Hall–Kier alpha value is -3.30. The van der Waals surface area contributed by atoms with Gasteiger partial charge in [0.25, 0.3) is 5.91 Å². The molecule has 5 rings (SSSR count). The Balaban J connectivity index is 1.42. The number of carbonyl (C=O) groups is 2. The van der Waals surface area contributed by atoms with Crippen LogP contribution >= 0.6 is 11.6 Å². The number of carbonyl (C=O) groups excluding carboxylic acids is 2. The number of nitriles is 1. The molecule has 1 aromatic heterocycles. The number of fused-ring (bicyclic) bond motifs is 3. The van der Waals surface area contributed by atoms with Gasteiger partial charge in [-0.15, -0.1) is 0 Å². The number of piperidine rings is 1. The molecule has 2 aliphatic rings. The third-order valence-electron chi connectivity index (χ3n) is 6.10. The summed E-state index contributed by atoms with van der Waals surface area (Å²) in [7, 11) is 0. The molecule has 30 heavy (non-hydrogen) atoms. The van der Waals surface area contributed by atoms with E-state index in [-0.39, 0.29) is 18.4 Å². The molecule has 0 saturated carbocycles. The van der Waals surface area contributed by atoms with Crippen LogP contribution in [0.25, 0.3) is 10.9 Å². The Morgan fingerprint density at radius 2 is 1.97 bits per heavy atom. The van der Waals surface area contributed by atoms with Crippen molar-refractivity contribution in [3.05, 3.63) is 70.4 Å². The summed E-state index contributed by atoms with van der Waals surface area (Å²) in [5, 5.41) is 10.5. The highest BCUT2D eigenvalue weighted by atomic mass is 35.5. The van der Waals surface area contributed by atoms with Crippen molar-refractivity contribution < 1.29 is 14.3 Å². The zero-order valence-corrected chi connectivity index (χ0v) is 16.9. The van der Waals surface area contributed by atoms with Gasteiger partial charge in [-0.3, -0.25) is 4.79 Å². The lowest BCUT2D eigenvalue weighted by atomic mass is 9.83. The largest absolute Gasteiger partial charge is 0.450 e. The topological polar surface area (TPSA) is 75.3 Å². The monoisotopic (exact) mass is 419 g/mol. The van der Waals surface area contributed by atoms with Gasteiger partial charge in [0, 0.05) is 48.1 Å². The number of likely N-dealkylation sites (tertiary alicyclic amines) is 1. The maximum Gasteiger partial charge on any atom is 0.339 e. The zero-order chi connectivity index (χ0) is 20.9. The van der Waals surface area contributed by atoms with Crippen LogP contribution in [0.4, 0.5) is 0 Å². The number of benzene rings is 2. The molecular formula is C23H18ClN3O3. The number of halogens is 1. The third-order valence-corrected chi connectivity index (χ3v) is 6.34. The highest BCUT2D eigenvalue weighted by molar-refractivity contribution is 6.31. The molecule has 1 amide bonds. The van der Waals surface area contributed by atoms with Crippen LogP contribution in [0.3, 0.4) is 0 Å². The molecule has 150 valence electrons. The van der Waals surface area contributed by atoms with Gasteiger partial charge in [0.1, 0.15) is 12.1 Å². The molecule has 3 heterocycles. The lowest BCUT2D eigenvalue weighted by Crippen LogP contribution is -2.45. The van der Waals surface area contributed by atoms with E-state index in [1.54, 1.807) is 33.9 Å². The van der Waals surface area contributed by atoms with E-state index >= 15 is 0 Å². The third kappa shape index (κ3) is 2.78. The number of hydrogen-bond acceptors (Lipinski definition) is 4. The van der Waals surface area contributed by atoms with Crippen LogP contribution in [0.15, 0.2) is 48.7 Å². The molecular weight excluding hydrogens is 402 g/mol. The molecule has 7 heteroatoms. The van der Waals surface area contributed by atoms with Crippen molar-refractivity contribution in [2.75, 3.05) is 13.1 Å². The number of aromatic nitrogens is 1. The Morgan fingerprint density at radius 3 is 2.73 bits per heavy atom. The number of ether oxygens (including phenoxy) is 1. The first-order chi connectivity index (χ1) is 14.5. The van der Waals surface area contributed by atoms with Crippen LogP contribution < -0.4 is 0 Å². The van der Waals surface area contributed by atoms with Gasteiger partial charge in [-0.2, -0.15) is 5.26 Å². The molecule has 1 saturated heterocycles. The molecule has 0 N–H and O–H groups in total. The summed E-state index contributed by atoms with van der Waals surface area (Å²) < 4.78 is 7.53. The first-order valence-electron chi connectivity index (χ1n) is 9.80. The molecule has 0 atom stereocenters. The van der Waals surface area contributed by atoms with E-state index in [0.717, 1.165) is 16.5 Å². The average Bonchev–Trinajstić information content (AvgIpc) is 3.24. The lowest BCUT2D eigenvalue weighted by Gasteiger charge is -2.38. The lowest BCUT2D eigenvalue weighted by molar-refractivity contribution is -0.0389. The van der Waals surface area contributed by atoms with E-state index in [0.29, 0.717) is 42.1 Å². The fourth-order valence-corrected chi connectivity index (χ4v) is 4.77. The van der Waals surface area contributed by atoms with Gasteiger partial charge < -0.3 is 14.2 Å². The summed E-state index contributed by atoms with van der Waals surface area (Å²) in [6, 6.07) is 14.9. The van der Waals surface area contributed by atoms with E-state index in [2.05, 4.69) is 6.07 Å². The number of hydrogen-bond donors (Lipinski definition) is 0. The minimum atomic E-state index is -0.646. The molecule has 0 unspecified atom stereocenters. The second kappa shape index (κ2) is 6.89. The molecule has 1 spiro atoms. The van der Waals surface area contributed by atoms with Crippen LogP contribution in [-0.2, 0) is 16.9 Å². The minimum Gasteiger partial charge on any atom is -0.450 e. The quantitative estimate of drug-likeness (QED) is 0.585. The van der Waals surface area contributed by atoms with Gasteiger partial charge in [-0.25, -0.2) is 4.79 Å². The molecule has 2 aliphatic heterocycles. The number of amides is 1. The summed E-state index contributed by atoms with van der Waals surface area (Å²) in [5.74, 6) is -0.381. The van der Waals surface area contributed by atoms with Crippen LogP contribution in [0.1, 0.15) is 39.1 Å². The average molecular weight is 420 g/mol. The first-order valence-corrected chi connectivity index (χ1v) is 10.2. The molecule has 0 bridgehead atoms. The Labute approximate surface area is 178 Å². The first kappa shape index (κ1) is 18.7. The van der Waals surface area contributed by atoms with Crippen molar-refractivity contribution in [2.45, 2.75) is 25.0 Å². The molecule has 2 aromatic carbocycles. The van der Waals surface area contributed by atoms with Gasteiger partial charge in [-0.05, 0) is 18.2 Å². The number of rotatable bonds is 2. The summed E-state index contributed by atoms with van der Waals surface area (Å²) in [6.45, 7) is 1.11. The van der Waals surface area contributed by atoms with Gasteiger partial charge in [0.05, 0.1) is 22.7 Å². The van der Waals surface area contributed by atoms with Crippen molar-refractivity contribution >= 4 is 34.4 Å². The standard InChI is InChI=1S/C23H18ClN3O3/c24-15-5-6-16-18(14-27(12-9-25)20(16)13-15)21(28)26-10-7-23(8-11-26)19-4-2-1-3-17(19)22(29)30-23/h1-6,13-14H,7-8,10-12H2. The smallest absolute Gasteiger partial charge is 0.339 e. The Kier molecular flexibility index (Phi) is 4.30. The highest BCUT2D eigenvalue weighted by Crippen LogP contribution is 2.44. The Morgan fingerprint density at radius 1 is 1.20 bits per heavy atom. The number of nitrogens with zero attached hydrogens (tertiary/aromatic N) is 3. The van der Waals surface area contributed by atoms with Crippen LogP contribution in [0, 0.1) is 11.3 Å². The predicted octanol–water partition coefficient (Wildman–Crippen LogP) is 4.12. The highest BCUT2D eigenvalue weighted by Gasteiger charge is 2.47. The van der Waals surface area contributed by atoms with Crippen LogP contribution in [0.5, 0.6) is 0 Å². The van der Waals surface area contributed by atoms with Crippen molar-refractivity contribution in [2.24, 2.45) is 0 Å². The molecule has 0 radical (unpaired) electrons. The van der Waals surface area contributed by atoms with Crippen molar-refractivity contribution in [3.63, 3.8) is 0 Å². The van der Waals surface area contributed by atoms with Gasteiger partial charge in [0.2, 0.25) is 0 Å². The fourth-order valence-electron chi connectivity index (χ4n) is 4.60. The maximum atomic E-state index is 13.3. The summed E-state index contributed by atoms with van der Waals surface area (Å²) >= 11 is 6.12. The number of esters is 1. The van der Waals surface area contributed by atoms with E-state index in [9.17, 15) is 9.59 Å². The van der Waals surface area contributed by atoms with E-state index in [1.165, 1.54) is 0 Å². The molecule has 0 aliphatic carbocycles. The van der Waals surface area contributed by atoms with Crippen molar-refractivity contribution in [1.82, 2.24) is 9.47 Å². The van der Waals surface area contributed by atoms with Gasteiger partial charge in [0.15, 0.2) is 0 Å². The van der Waals surface area contributed by atoms with E-state index in [1.807, 2.05) is 24.3 Å². The zero-order valence-electron chi connectivity index (χ0n) is 16.1. The van der Waals surface area contributed by atoms with E-state index in [4.69, 9.17) is 21.6 Å². The predicted molar refractivity (Wildman–Crippen MR) is 111 cm³/mol. The molecule has 1 fully saturated rings. The SMILES string of the molecule is N#CCn1cc(C(=O)N2CCC3(CC2)OC(=O)c2ccccc23)c2ccc(Cl)cc21. The van der Waals surface area contributed by atoms with Crippen molar-refractivity contribution in [1.29, 1.82) is 5.26 Å². The molecule has 3 aromatic rings. The van der Waals surface area contributed by atoms with Gasteiger partial charge in [-0.1, -0.05) is 35.9 Å². The summed E-state index contributed by atoms with van der Waals surface area (Å²) in [4.78, 5) is 27.4. The van der Waals surface area contributed by atoms with Crippen molar-refractivity contribution in [3.8, 4) is 6.07 Å². The summed E-state index contributed by atoms with van der Waals surface area (Å²) in [5.41, 5.74) is 2.21. The van der Waals surface area contributed by atoms with Gasteiger partial charge >= 0.3 is 5.97 Å². The normalized spacial score (nSPS) is 17.1. The summed E-state index contributed by atoms with van der Waals surface area (Å²) in [6.07, 6.45) is 2.84. The second-order valence-electron chi connectivity index (χ2n) is 7.71. The van der Waals surface area contributed by atoms with Crippen LogP contribution in [0.2, 0.25) is 5.02 Å². The minimum absolute atomic E-state index is 0.0912. The fraction of sp³-hybridized carbons (Fsp3) is 0.261. The maximum absolute atomic E-state index is 13.3. The second-order valence-corrected chi connectivity index (χ2v) is 8.15. The molecule has 6 nitrogen and oxygen atoms in total. The van der Waals surface area contributed by atoms with Crippen LogP contribution in [-0.4, -0.2) is 34.4 Å².